The second kappa shape index (κ2) is 4.98. The molecular formula is C15H15BrN2O2. The summed E-state index contributed by atoms with van der Waals surface area (Å²) in [5.74, 6) is 0.907. The molecule has 0 bridgehead atoms. The highest BCUT2D eigenvalue weighted by Gasteiger charge is 2.23. The number of nitrogens with zero attached hydrogens (tertiary/aromatic N) is 1. The molecule has 5 heteroatoms. The highest BCUT2D eigenvalue weighted by atomic mass is 79.9. The van der Waals surface area contributed by atoms with E-state index >= 15 is 0 Å². The average Bonchev–Trinajstić information content (AvgIpc) is 2.84. The maximum atomic E-state index is 12.2. The molecule has 0 saturated heterocycles. The number of pyridine rings is 1. The number of aromatic nitrogens is 1. The number of ether oxygens (including phenoxy) is 1. The van der Waals surface area contributed by atoms with Gasteiger partial charge in [-0.15, -0.1) is 0 Å². The van der Waals surface area contributed by atoms with E-state index < -0.39 is 0 Å². The van der Waals surface area contributed by atoms with Gasteiger partial charge in [0.15, 0.2) is 0 Å². The van der Waals surface area contributed by atoms with Crippen molar-refractivity contribution in [3.63, 3.8) is 0 Å². The van der Waals surface area contributed by atoms with Gasteiger partial charge in [0.05, 0.1) is 16.7 Å². The van der Waals surface area contributed by atoms with E-state index in [0.29, 0.717) is 16.7 Å². The number of nitrogen functional groups attached to an aromatic ring is 1. The van der Waals surface area contributed by atoms with Gasteiger partial charge in [-0.25, -0.2) is 0 Å². The molecule has 0 amide bonds. The molecule has 2 N–H and O–H groups in total. The fraction of sp³-hybridized carbons (Fsp3) is 0.267. The van der Waals surface area contributed by atoms with E-state index in [1.54, 1.807) is 10.8 Å². The SMILES string of the molecule is Cc1c(N)cn(CC2Cc3ccccc3O2)c(=O)c1Br. The summed E-state index contributed by atoms with van der Waals surface area (Å²) in [6.45, 7) is 2.32. The Labute approximate surface area is 125 Å². The molecule has 1 aliphatic rings. The van der Waals surface area contributed by atoms with Crippen molar-refractivity contribution in [3.05, 3.63) is 56.4 Å². The van der Waals surface area contributed by atoms with Crippen LogP contribution in [-0.2, 0) is 13.0 Å². The summed E-state index contributed by atoms with van der Waals surface area (Å²) in [4.78, 5) is 12.2. The van der Waals surface area contributed by atoms with E-state index in [4.69, 9.17) is 10.5 Å². The van der Waals surface area contributed by atoms with Crippen LogP contribution in [0.3, 0.4) is 0 Å². The van der Waals surface area contributed by atoms with E-state index in [9.17, 15) is 4.79 Å². The van der Waals surface area contributed by atoms with Gasteiger partial charge in [0.25, 0.3) is 5.56 Å². The van der Waals surface area contributed by atoms with E-state index in [1.165, 1.54) is 5.56 Å². The molecule has 20 heavy (non-hydrogen) atoms. The van der Waals surface area contributed by atoms with Crippen molar-refractivity contribution < 1.29 is 4.74 Å². The van der Waals surface area contributed by atoms with Gasteiger partial charge in [0, 0.05) is 12.6 Å². The molecule has 1 aromatic carbocycles. The quantitative estimate of drug-likeness (QED) is 0.917. The second-order valence-corrected chi connectivity index (χ2v) is 5.83. The maximum absolute atomic E-state index is 12.2. The fourth-order valence-corrected chi connectivity index (χ4v) is 2.90. The number of nitrogens with two attached hydrogens (primary N) is 1. The van der Waals surface area contributed by atoms with E-state index in [0.717, 1.165) is 17.7 Å². The topological polar surface area (TPSA) is 57.2 Å². The van der Waals surface area contributed by atoms with Crippen molar-refractivity contribution in [1.82, 2.24) is 4.57 Å². The third kappa shape index (κ3) is 2.22. The Morgan fingerprint density at radius 3 is 2.95 bits per heavy atom. The molecule has 0 saturated carbocycles. The average molecular weight is 335 g/mol. The molecule has 1 unspecified atom stereocenters. The van der Waals surface area contributed by atoms with E-state index in [1.807, 2.05) is 25.1 Å². The summed E-state index contributed by atoms with van der Waals surface area (Å²) in [6.07, 6.45) is 2.47. The Balaban J connectivity index is 1.86. The van der Waals surface area contributed by atoms with Gasteiger partial charge < -0.3 is 15.0 Å². The van der Waals surface area contributed by atoms with Crippen LogP contribution in [0.25, 0.3) is 0 Å². The lowest BCUT2D eigenvalue weighted by molar-refractivity contribution is 0.207. The zero-order valence-corrected chi connectivity index (χ0v) is 12.7. The minimum atomic E-state index is -0.0729. The van der Waals surface area contributed by atoms with Crippen LogP contribution in [0.2, 0.25) is 0 Å². The van der Waals surface area contributed by atoms with E-state index in [2.05, 4.69) is 22.0 Å². The molecule has 0 radical (unpaired) electrons. The van der Waals surface area contributed by atoms with E-state index in [-0.39, 0.29) is 11.7 Å². The molecule has 0 spiro atoms. The first-order valence-electron chi connectivity index (χ1n) is 6.46. The summed E-state index contributed by atoms with van der Waals surface area (Å²) in [5.41, 5.74) is 8.41. The second-order valence-electron chi connectivity index (χ2n) is 5.03. The Morgan fingerprint density at radius 1 is 1.45 bits per heavy atom. The minimum Gasteiger partial charge on any atom is -0.488 e. The fourth-order valence-electron chi connectivity index (χ4n) is 2.45. The molecule has 3 rings (SSSR count). The Bertz CT molecular complexity index is 699. The number of hydrogen-bond donors (Lipinski definition) is 1. The van der Waals surface area contributed by atoms with Crippen LogP contribution in [0, 0.1) is 6.92 Å². The lowest BCUT2D eigenvalue weighted by Crippen LogP contribution is -2.30. The molecule has 1 atom stereocenters. The molecule has 1 aliphatic heterocycles. The van der Waals surface area contributed by atoms with Crippen LogP contribution in [0.5, 0.6) is 5.75 Å². The van der Waals surface area contributed by atoms with Crippen LogP contribution < -0.4 is 16.0 Å². The van der Waals surface area contributed by atoms with Gasteiger partial charge in [0.2, 0.25) is 0 Å². The number of anilines is 1. The Kier molecular flexibility index (Phi) is 3.30. The summed E-state index contributed by atoms with van der Waals surface area (Å²) < 4.78 is 8.00. The lowest BCUT2D eigenvalue weighted by atomic mass is 10.1. The predicted octanol–water partition coefficient (Wildman–Crippen LogP) is 2.51. The maximum Gasteiger partial charge on any atom is 0.265 e. The molecular weight excluding hydrogens is 320 g/mol. The van der Waals surface area contributed by atoms with Crippen molar-refractivity contribution in [2.75, 3.05) is 5.73 Å². The van der Waals surface area contributed by atoms with Gasteiger partial charge in [-0.3, -0.25) is 4.79 Å². The molecule has 0 fully saturated rings. The number of benzene rings is 1. The third-order valence-corrected chi connectivity index (χ3v) is 4.55. The van der Waals surface area contributed by atoms with Gasteiger partial charge in [0.1, 0.15) is 11.9 Å². The van der Waals surface area contributed by atoms with Gasteiger partial charge in [-0.2, -0.15) is 0 Å². The van der Waals surface area contributed by atoms with Gasteiger partial charge in [-0.05, 0) is 40.0 Å². The van der Waals surface area contributed by atoms with Crippen LogP contribution in [0.4, 0.5) is 5.69 Å². The number of rotatable bonds is 2. The number of hydrogen-bond acceptors (Lipinski definition) is 3. The zero-order chi connectivity index (χ0) is 14.3. The van der Waals surface area contributed by atoms with Gasteiger partial charge >= 0.3 is 0 Å². The predicted molar refractivity (Wildman–Crippen MR) is 82.1 cm³/mol. The summed E-state index contributed by atoms with van der Waals surface area (Å²) >= 11 is 3.30. The zero-order valence-electron chi connectivity index (χ0n) is 11.1. The number of fused-ring (bicyclic) bond motifs is 1. The van der Waals surface area contributed by atoms with Gasteiger partial charge in [-0.1, -0.05) is 18.2 Å². The van der Waals surface area contributed by atoms with Crippen LogP contribution in [0.1, 0.15) is 11.1 Å². The van der Waals surface area contributed by atoms with Crippen molar-refractivity contribution in [1.29, 1.82) is 0 Å². The summed E-state index contributed by atoms with van der Waals surface area (Å²) in [7, 11) is 0. The van der Waals surface area contributed by atoms with Crippen molar-refractivity contribution in [2.45, 2.75) is 26.0 Å². The van der Waals surface area contributed by atoms with Crippen LogP contribution in [-0.4, -0.2) is 10.7 Å². The smallest absolute Gasteiger partial charge is 0.265 e. The first-order chi connectivity index (χ1) is 9.56. The molecule has 2 heterocycles. The van der Waals surface area contributed by atoms with Crippen LogP contribution >= 0.6 is 15.9 Å². The Morgan fingerprint density at radius 2 is 2.20 bits per heavy atom. The third-order valence-electron chi connectivity index (χ3n) is 3.62. The van der Waals surface area contributed by atoms with Crippen molar-refractivity contribution in [3.8, 4) is 5.75 Å². The largest absolute Gasteiger partial charge is 0.488 e. The first-order valence-corrected chi connectivity index (χ1v) is 7.25. The Hall–Kier alpha value is -1.75. The molecule has 104 valence electrons. The summed E-state index contributed by atoms with van der Waals surface area (Å²) in [5, 5.41) is 0. The molecule has 1 aromatic heterocycles. The highest BCUT2D eigenvalue weighted by molar-refractivity contribution is 9.10. The lowest BCUT2D eigenvalue weighted by Gasteiger charge is -2.15. The molecule has 4 nitrogen and oxygen atoms in total. The van der Waals surface area contributed by atoms with Crippen molar-refractivity contribution in [2.24, 2.45) is 0 Å². The summed E-state index contributed by atoms with van der Waals surface area (Å²) in [6, 6.07) is 7.96. The van der Waals surface area contributed by atoms with Crippen molar-refractivity contribution >= 4 is 21.6 Å². The molecule has 0 aliphatic carbocycles. The highest BCUT2D eigenvalue weighted by Crippen LogP contribution is 2.29. The number of para-hydroxylation sites is 1. The van der Waals surface area contributed by atoms with Crippen LogP contribution in [0.15, 0.2) is 39.7 Å². The minimum absolute atomic E-state index is 0.0286. The molecule has 2 aromatic rings. The first kappa shape index (κ1) is 13.2. The number of halogens is 1. The monoisotopic (exact) mass is 334 g/mol. The normalized spacial score (nSPS) is 16.8. The standard InChI is InChI=1S/C15H15BrN2O2/c1-9-12(17)8-18(15(19)14(9)16)7-11-6-10-4-2-3-5-13(10)20-11/h2-5,8,11H,6-7,17H2,1H3.